The molecule has 1 aromatic heterocycles. The third-order valence-electron chi connectivity index (χ3n) is 3.65. The van der Waals surface area contributed by atoms with Crippen LogP contribution in [0.25, 0.3) is 0 Å². The van der Waals surface area contributed by atoms with Crippen LogP contribution in [-0.2, 0) is 30.9 Å². The summed E-state index contributed by atoms with van der Waals surface area (Å²) >= 11 is 0. The van der Waals surface area contributed by atoms with Crippen LogP contribution in [-0.4, -0.2) is 39.3 Å². The molecule has 0 aliphatic carbocycles. The molecule has 0 saturated carbocycles. The second-order valence-corrected chi connectivity index (χ2v) is 7.25. The summed E-state index contributed by atoms with van der Waals surface area (Å²) in [5.74, 6) is -0.287. The van der Waals surface area contributed by atoms with Crippen molar-refractivity contribution in [2.75, 3.05) is 13.2 Å². The predicted molar refractivity (Wildman–Crippen MR) is 94.3 cm³/mol. The lowest BCUT2D eigenvalue weighted by Gasteiger charge is -2.05. The molecule has 1 aliphatic rings. The normalized spacial score (nSPS) is 15.8. The van der Waals surface area contributed by atoms with Gasteiger partial charge in [0.05, 0.1) is 30.7 Å². The Morgan fingerprint density at radius 2 is 2.00 bits per heavy atom. The standard InChI is InChI=1S/C17H17N3O6S/c21-15(19-10-12-4-3-9-25-12)11-26-16(22)7-8-18-17-13-5-1-2-6-14(13)27(23,24)20-17/h1-6,9H,7-8,10-11H2,(H,18,20)(H,19,21). The van der Waals surface area contributed by atoms with E-state index in [0.29, 0.717) is 11.3 Å². The van der Waals surface area contributed by atoms with Crippen molar-refractivity contribution < 1.29 is 27.2 Å². The molecule has 9 nitrogen and oxygen atoms in total. The van der Waals surface area contributed by atoms with Crippen LogP contribution in [0, 0.1) is 0 Å². The van der Waals surface area contributed by atoms with Crippen LogP contribution >= 0.6 is 0 Å². The summed E-state index contributed by atoms with van der Waals surface area (Å²) in [5, 5.41) is 2.55. The molecule has 3 rings (SSSR count). The summed E-state index contributed by atoms with van der Waals surface area (Å²) in [5.41, 5.74) is 0.461. The Morgan fingerprint density at radius 3 is 2.78 bits per heavy atom. The van der Waals surface area contributed by atoms with Crippen LogP contribution < -0.4 is 10.0 Å². The topological polar surface area (TPSA) is 127 Å². The Bertz CT molecular complexity index is 966. The largest absolute Gasteiger partial charge is 0.467 e. The Balaban J connectivity index is 1.43. The molecule has 0 atom stereocenters. The number of fused-ring (bicyclic) bond motifs is 1. The van der Waals surface area contributed by atoms with Gasteiger partial charge in [-0.15, -0.1) is 0 Å². The van der Waals surface area contributed by atoms with Crippen molar-refractivity contribution in [1.82, 2.24) is 10.0 Å². The highest BCUT2D eigenvalue weighted by Crippen LogP contribution is 2.22. The summed E-state index contributed by atoms with van der Waals surface area (Å²) in [6.07, 6.45) is 1.41. The molecule has 1 aliphatic heterocycles. The minimum absolute atomic E-state index is 0.0268. The number of carbonyl (C=O) groups is 2. The predicted octanol–water partition coefficient (Wildman–Crippen LogP) is 0.568. The Labute approximate surface area is 155 Å². The maximum atomic E-state index is 11.9. The van der Waals surface area contributed by atoms with Crippen molar-refractivity contribution in [3.8, 4) is 0 Å². The molecule has 0 spiro atoms. The van der Waals surface area contributed by atoms with E-state index in [1.807, 2.05) is 0 Å². The van der Waals surface area contributed by atoms with Gasteiger partial charge in [-0.05, 0) is 24.3 Å². The van der Waals surface area contributed by atoms with Crippen LogP contribution in [0.5, 0.6) is 0 Å². The van der Waals surface area contributed by atoms with Crippen LogP contribution in [0.15, 0.2) is 57.0 Å². The highest BCUT2D eigenvalue weighted by molar-refractivity contribution is 7.90. The van der Waals surface area contributed by atoms with Crippen LogP contribution in [0.1, 0.15) is 17.7 Å². The molecule has 1 amide bonds. The first-order valence-electron chi connectivity index (χ1n) is 8.07. The first-order valence-corrected chi connectivity index (χ1v) is 9.55. The van der Waals surface area contributed by atoms with E-state index in [9.17, 15) is 18.0 Å². The fourth-order valence-electron chi connectivity index (χ4n) is 2.38. The van der Waals surface area contributed by atoms with Crippen LogP contribution in [0.4, 0.5) is 0 Å². The maximum Gasteiger partial charge on any atom is 0.308 e. The number of esters is 1. The minimum Gasteiger partial charge on any atom is -0.467 e. The SMILES string of the molecule is O=C(COC(=O)CCN=C1NS(=O)(=O)c2ccccc21)NCc1ccco1. The van der Waals surface area contributed by atoms with E-state index >= 15 is 0 Å². The van der Waals surface area contributed by atoms with E-state index in [1.165, 1.54) is 12.3 Å². The van der Waals surface area contributed by atoms with Gasteiger partial charge in [0.15, 0.2) is 6.61 Å². The van der Waals surface area contributed by atoms with Gasteiger partial charge in [0.2, 0.25) is 0 Å². The molecule has 0 fully saturated rings. The second kappa shape index (κ2) is 8.04. The number of aliphatic imine (C=N–C) groups is 1. The fourth-order valence-corrected chi connectivity index (χ4v) is 3.63. The smallest absolute Gasteiger partial charge is 0.308 e. The molecule has 10 heteroatoms. The van der Waals surface area contributed by atoms with Gasteiger partial charge in [-0.3, -0.25) is 19.3 Å². The molecular formula is C17H17N3O6S. The molecule has 2 aromatic rings. The van der Waals surface area contributed by atoms with Gasteiger partial charge < -0.3 is 14.5 Å². The summed E-state index contributed by atoms with van der Waals surface area (Å²) in [6, 6.07) is 9.84. The number of amidine groups is 1. The van der Waals surface area contributed by atoms with Gasteiger partial charge in [-0.2, -0.15) is 0 Å². The Morgan fingerprint density at radius 1 is 1.19 bits per heavy atom. The fraction of sp³-hybridized carbons (Fsp3) is 0.235. The van der Waals surface area contributed by atoms with Crippen molar-refractivity contribution in [2.24, 2.45) is 4.99 Å². The molecule has 0 radical (unpaired) electrons. The zero-order valence-electron chi connectivity index (χ0n) is 14.2. The molecule has 0 bridgehead atoms. The minimum atomic E-state index is -3.61. The van der Waals surface area contributed by atoms with Gasteiger partial charge in [0.1, 0.15) is 11.6 Å². The lowest BCUT2D eigenvalue weighted by atomic mass is 10.2. The second-order valence-electron chi connectivity index (χ2n) is 5.60. The number of furan rings is 1. The number of ether oxygens (including phenoxy) is 1. The summed E-state index contributed by atoms with van der Waals surface area (Å²) < 4.78 is 36.2. The Hall–Kier alpha value is -3.14. The third kappa shape index (κ3) is 4.73. The maximum absolute atomic E-state index is 11.9. The lowest BCUT2D eigenvalue weighted by Crippen LogP contribution is -2.28. The van der Waals surface area contributed by atoms with Gasteiger partial charge in [-0.25, -0.2) is 8.42 Å². The monoisotopic (exact) mass is 391 g/mol. The molecule has 1 aromatic carbocycles. The van der Waals surface area contributed by atoms with E-state index in [1.54, 1.807) is 30.3 Å². The highest BCUT2D eigenvalue weighted by atomic mass is 32.2. The van der Waals surface area contributed by atoms with E-state index in [4.69, 9.17) is 9.15 Å². The zero-order chi connectivity index (χ0) is 19.3. The molecule has 2 N–H and O–H groups in total. The average Bonchev–Trinajstić information content (AvgIpc) is 3.25. The van der Waals surface area contributed by atoms with Crippen molar-refractivity contribution in [1.29, 1.82) is 0 Å². The van der Waals surface area contributed by atoms with Crippen molar-refractivity contribution >= 4 is 27.7 Å². The number of hydrogen-bond acceptors (Lipinski definition) is 7. The number of sulfonamides is 1. The quantitative estimate of drug-likeness (QED) is 0.664. The third-order valence-corrected chi connectivity index (χ3v) is 5.05. The first-order chi connectivity index (χ1) is 13.0. The first kappa shape index (κ1) is 18.6. The van der Waals surface area contributed by atoms with Crippen LogP contribution in [0.2, 0.25) is 0 Å². The van der Waals surface area contributed by atoms with Gasteiger partial charge in [0.25, 0.3) is 15.9 Å². The van der Waals surface area contributed by atoms with Gasteiger partial charge in [0, 0.05) is 5.56 Å². The number of nitrogens with zero attached hydrogens (tertiary/aromatic N) is 1. The molecule has 0 unspecified atom stereocenters. The van der Waals surface area contributed by atoms with E-state index in [0.717, 1.165) is 0 Å². The molecule has 27 heavy (non-hydrogen) atoms. The van der Waals surface area contributed by atoms with E-state index in [2.05, 4.69) is 15.0 Å². The van der Waals surface area contributed by atoms with Crippen molar-refractivity contribution in [3.05, 3.63) is 54.0 Å². The Kier molecular flexibility index (Phi) is 5.55. The number of hydrogen-bond donors (Lipinski definition) is 2. The molecule has 142 valence electrons. The zero-order valence-corrected chi connectivity index (χ0v) is 15.0. The number of benzene rings is 1. The van der Waals surface area contributed by atoms with Gasteiger partial charge in [-0.1, -0.05) is 12.1 Å². The summed E-state index contributed by atoms with van der Waals surface area (Å²) in [4.78, 5) is 27.6. The van der Waals surface area contributed by atoms with Gasteiger partial charge >= 0.3 is 5.97 Å². The van der Waals surface area contributed by atoms with E-state index in [-0.39, 0.29) is 30.2 Å². The summed E-state index contributed by atoms with van der Waals surface area (Å²) in [7, 11) is -3.61. The van der Waals surface area contributed by atoms with Crippen molar-refractivity contribution in [3.63, 3.8) is 0 Å². The number of carbonyl (C=O) groups excluding carboxylic acids is 2. The number of rotatable bonds is 7. The lowest BCUT2D eigenvalue weighted by molar-refractivity contribution is -0.148. The number of nitrogens with one attached hydrogen (secondary N) is 2. The van der Waals surface area contributed by atoms with Crippen LogP contribution in [0.3, 0.4) is 0 Å². The molecule has 0 saturated heterocycles. The molecular weight excluding hydrogens is 374 g/mol. The highest BCUT2D eigenvalue weighted by Gasteiger charge is 2.29. The summed E-state index contributed by atoms with van der Waals surface area (Å²) in [6.45, 7) is -0.179. The average molecular weight is 391 g/mol. The number of amides is 1. The molecule has 2 heterocycles. The van der Waals surface area contributed by atoms with E-state index < -0.39 is 28.5 Å². The van der Waals surface area contributed by atoms with Crippen molar-refractivity contribution in [2.45, 2.75) is 17.9 Å².